The van der Waals surface area contributed by atoms with Crippen LogP contribution in [0.4, 0.5) is 33.9 Å². The van der Waals surface area contributed by atoms with Gasteiger partial charge in [0.05, 0.1) is 65.8 Å². The second kappa shape index (κ2) is 17.5. The second-order valence-electron chi connectivity index (χ2n) is 17.6. The lowest BCUT2D eigenvalue weighted by Gasteiger charge is -2.46. The molecule has 5 heterocycles. The standard InChI is InChI=1S/C44H46F4N10O8S/c1-54(15-16-59)67(63,64)53-36-6-4-33(45)39(31(36)21-49)66-27-3-5-35-29(17-27)41(61)58(24-50-35)26-20-43(65-22-26)11-7-25(8-12-43)56-13-9-32(44(47,48)23-56)28-19-37-30(18-34(28)46)40(52-55(37)2)57-14-10-38(60)51-42(57)62/h3-6,17-19,24-26,32,53,59H,7-16,20,22-23H2,1-2H3,(H,51,60,62)/t25?,26-,32+,43?/m1/s1. The van der Waals surface area contributed by atoms with Gasteiger partial charge < -0.3 is 14.6 Å². The molecular formula is C44H46F4N10O8S. The van der Waals surface area contributed by atoms with Crippen molar-refractivity contribution in [3.8, 4) is 17.6 Å². The van der Waals surface area contributed by atoms with Gasteiger partial charge in [-0.15, -0.1) is 0 Å². The number of carbonyl (C=O) groups is 2. The van der Waals surface area contributed by atoms with Gasteiger partial charge in [0.15, 0.2) is 17.4 Å². The maximum atomic E-state index is 16.2. The van der Waals surface area contributed by atoms with Crippen molar-refractivity contribution in [1.82, 2.24) is 33.9 Å². The number of likely N-dealkylation sites (N-methyl/N-ethyl adjacent to an activating group) is 1. The molecule has 354 valence electrons. The van der Waals surface area contributed by atoms with Gasteiger partial charge in [0.1, 0.15) is 23.2 Å². The number of fused-ring (bicyclic) bond motifs is 2. The number of nitrogens with one attached hydrogen (secondary N) is 2. The summed E-state index contributed by atoms with van der Waals surface area (Å²) in [5.74, 6) is -7.36. The van der Waals surface area contributed by atoms with Crippen LogP contribution in [-0.4, -0.2) is 118 Å². The Morgan fingerprint density at radius 1 is 1.04 bits per heavy atom. The summed E-state index contributed by atoms with van der Waals surface area (Å²) in [6, 6.07) is 9.29. The van der Waals surface area contributed by atoms with Crippen LogP contribution in [0, 0.1) is 23.0 Å². The van der Waals surface area contributed by atoms with Crippen molar-refractivity contribution in [2.45, 2.75) is 74.5 Å². The molecule has 18 nitrogen and oxygen atoms in total. The van der Waals surface area contributed by atoms with E-state index in [1.807, 2.05) is 0 Å². The topological polar surface area (TPSA) is 217 Å². The molecule has 3 N–H and O–H groups in total. The Bertz CT molecular complexity index is 3030. The number of aryl methyl sites for hydroxylation is 1. The highest BCUT2D eigenvalue weighted by molar-refractivity contribution is 7.90. The largest absolute Gasteiger partial charge is 0.453 e. The number of piperidine rings is 1. The monoisotopic (exact) mass is 950 g/mol. The van der Waals surface area contributed by atoms with Crippen molar-refractivity contribution in [2.75, 3.05) is 56.1 Å². The number of imide groups is 1. The van der Waals surface area contributed by atoms with Crippen molar-refractivity contribution < 1.29 is 50.1 Å². The van der Waals surface area contributed by atoms with E-state index in [0.717, 1.165) is 22.5 Å². The molecule has 23 heteroatoms. The number of hydrogen-bond donors (Lipinski definition) is 3. The van der Waals surface area contributed by atoms with Gasteiger partial charge in [-0.2, -0.15) is 23.1 Å². The van der Waals surface area contributed by atoms with Gasteiger partial charge in [-0.25, -0.2) is 27.3 Å². The van der Waals surface area contributed by atoms with E-state index in [2.05, 4.69) is 20.1 Å². The first-order valence-corrected chi connectivity index (χ1v) is 23.1. The molecule has 3 amide bonds. The zero-order valence-corrected chi connectivity index (χ0v) is 37.2. The number of rotatable bonds is 11. The minimum Gasteiger partial charge on any atom is -0.453 e. The van der Waals surface area contributed by atoms with E-state index in [1.54, 1.807) is 18.0 Å². The van der Waals surface area contributed by atoms with Gasteiger partial charge in [0.25, 0.3) is 11.5 Å². The Morgan fingerprint density at radius 2 is 1.82 bits per heavy atom. The van der Waals surface area contributed by atoms with Gasteiger partial charge in [0, 0.05) is 45.0 Å². The van der Waals surface area contributed by atoms with Crippen molar-refractivity contribution >= 4 is 55.5 Å². The molecule has 0 unspecified atom stereocenters. The van der Waals surface area contributed by atoms with Crippen LogP contribution in [0.25, 0.3) is 21.8 Å². The van der Waals surface area contributed by atoms with E-state index >= 15 is 17.6 Å². The predicted octanol–water partition coefficient (Wildman–Crippen LogP) is 5.02. The first-order valence-electron chi connectivity index (χ1n) is 21.7. The number of amides is 3. The lowest BCUT2D eigenvalue weighted by molar-refractivity contribution is -0.120. The molecule has 9 rings (SSSR count). The molecule has 2 aromatic heterocycles. The number of aromatic nitrogens is 4. The summed E-state index contributed by atoms with van der Waals surface area (Å²) in [5, 5.41) is 26.1. The van der Waals surface area contributed by atoms with Crippen molar-refractivity contribution in [3.05, 3.63) is 81.9 Å². The van der Waals surface area contributed by atoms with E-state index in [9.17, 15) is 28.1 Å². The highest BCUT2D eigenvalue weighted by atomic mass is 32.2. The summed E-state index contributed by atoms with van der Waals surface area (Å²) >= 11 is 0. The van der Waals surface area contributed by atoms with Gasteiger partial charge in [0.2, 0.25) is 5.91 Å². The number of urea groups is 1. The molecule has 3 saturated heterocycles. The van der Waals surface area contributed by atoms with E-state index in [0.29, 0.717) is 49.7 Å². The average Bonchev–Trinajstić information content (AvgIpc) is 3.84. The summed E-state index contributed by atoms with van der Waals surface area (Å²) in [6.07, 6.45) is 4.19. The fourth-order valence-electron chi connectivity index (χ4n) is 9.90. The first-order chi connectivity index (χ1) is 31.9. The molecule has 3 aliphatic heterocycles. The minimum absolute atomic E-state index is 0.00785. The zero-order chi connectivity index (χ0) is 47.6. The van der Waals surface area contributed by atoms with Crippen molar-refractivity contribution in [2.24, 2.45) is 7.05 Å². The quantitative estimate of drug-likeness (QED) is 0.149. The third-order valence-corrected chi connectivity index (χ3v) is 15.0. The Kier molecular flexibility index (Phi) is 12.0. The number of alkyl halides is 2. The van der Waals surface area contributed by atoms with Crippen molar-refractivity contribution in [3.63, 3.8) is 0 Å². The van der Waals surface area contributed by atoms with Crippen LogP contribution in [0.2, 0.25) is 0 Å². The Hall–Kier alpha value is -6.19. The maximum Gasteiger partial charge on any atom is 0.329 e. The van der Waals surface area contributed by atoms with Gasteiger partial charge in [-0.1, -0.05) is 0 Å². The number of hydrogen-bond acceptors (Lipinski definition) is 12. The first kappa shape index (κ1) is 45.9. The van der Waals surface area contributed by atoms with Gasteiger partial charge in [-0.3, -0.25) is 38.7 Å². The molecule has 0 bridgehead atoms. The second-order valence-corrected chi connectivity index (χ2v) is 19.3. The summed E-state index contributed by atoms with van der Waals surface area (Å²) in [6.45, 7) is -0.687. The number of nitriles is 1. The van der Waals surface area contributed by atoms with E-state index in [-0.39, 0.29) is 72.2 Å². The van der Waals surface area contributed by atoms with Crippen LogP contribution in [0.1, 0.15) is 68.0 Å². The number of aliphatic hydroxyl groups is 1. The van der Waals surface area contributed by atoms with E-state index in [1.165, 1.54) is 51.8 Å². The van der Waals surface area contributed by atoms with E-state index in [4.69, 9.17) is 14.6 Å². The van der Waals surface area contributed by atoms with E-state index < -0.39 is 87.3 Å². The molecule has 4 fully saturated rings. The van der Waals surface area contributed by atoms with Gasteiger partial charge in [-0.05, 0) is 93.1 Å². The van der Waals surface area contributed by atoms with Crippen LogP contribution in [0.5, 0.6) is 11.5 Å². The van der Waals surface area contributed by atoms with Crippen LogP contribution >= 0.6 is 0 Å². The number of carbonyl (C=O) groups excluding carboxylic acids is 2. The fraction of sp³-hybridized carbons (Fsp3) is 0.455. The third-order valence-electron chi connectivity index (χ3n) is 13.5. The summed E-state index contributed by atoms with van der Waals surface area (Å²) < 4.78 is 107. The molecule has 0 radical (unpaired) electrons. The number of ether oxygens (including phenoxy) is 2. The number of anilines is 2. The number of halogens is 4. The summed E-state index contributed by atoms with van der Waals surface area (Å²) in [4.78, 5) is 45.7. The molecule has 1 aliphatic carbocycles. The molecule has 2 atom stereocenters. The normalized spacial score (nSPS) is 23.6. The Morgan fingerprint density at radius 3 is 2.54 bits per heavy atom. The van der Waals surface area contributed by atoms with Crippen LogP contribution in [0.15, 0.2) is 53.6 Å². The van der Waals surface area contributed by atoms with Crippen LogP contribution in [0.3, 0.4) is 0 Å². The zero-order valence-electron chi connectivity index (χ0n) is 36.3. The van der Waals surface area contributed by atoms with Crippen molar-refractivity contribution in [1.29, 1.82) is 5.26 Å². The number of aliphatic hydroxyl groups excluding tert-OH is 1. The lowest BCUT2D eigenvalue weighted by Crippen LogP contribution is -2.53. The maximum absolute atomic E-state index is 16.2. The molecule has 5 aromatic rings. The Balaban J connectivity index is 0.854. The Labute approximate surface area is 380 Å². The predicted molar refractivity (Wildman–Crippen MR) is 234 cm³/mol. The highest BCUT2D eigenvalue weighted by Crippen LogP contribution is 2.48. The minimum atomic E-state index is -4.23. The SMILES string of the molecule is CN(CCO)S(=O)(=O)Nc1ccc(F)c(Oc2ccc3ncn([C@H]4COC5(CCC(N6CC[C@@H](c7cc8c(cc7F)c(N7CCC(=O)NC7=O)nn8C)C(F)(F)C6)CC5)C4)c(=O)c3c2)c1C#N. The molecular weight excluding hydrogens is 905 g/mol. The number of nitrogens with zero attached hydrogens (tertiary/aromatic N) is 8. The smallest absolute Gasteiger partial charge is 0.329 e. The average molecular weight is 951 g/mol. The van der Waals surface area contributed by atoms with Crippen LogP contribution < -0.4 is 25.2 Å². The number of benzene rings is 3. The number of likely N-dealkylation sites (tertiary alicyclic amines) is 1. The molecule has 1 spiro atoms. The highest BCUT2D eigenvalue weighted by Gasteiger charge is 2.50. The molecule has 3 aromatic carbocycles. The molecule has 4 aliphatic rings. The van der Waals surface area contributed by atoms with Crippen LogP contribution in [-0.2, 0) is 26.8 Å². The summed E-state index contributed by atoms with van der Waals surface area (Å²) in [7, 11) is -1.43. The fourth-order valence-corrected chi connectivity index (χ4v) is 10.8. The molecule has 67 heavy (non-hydrogen) atoms. The van der Waals surface area contributed by atoms with Gasteiger partial charge >= 0.3 is 16.2 Å². The summed E-state index contributed by atoms with van der Waals surface area (Å²) in [5.41, 5.74) is -1.19. The molecule has 1 saturated carbocycles. The third kappa shape index (κ3) is 8.56. The lowest BCUT2D eigenvalue weighted by atomic mass is 9.78.